The summed E-state index contributed by atoms with van der Waals surface area (Å²) in [4.78, 5) is 15.4. The highest BCUT2D eigenvalue weighted by Crippen LogP contribution is 2.38. The van der Waals surface area contributed by atoms with Crippen LogP contribution in [0.3, 0.4) is 0 Å². The van der Waals surface area contributed by atoms with Gasteiger partial charge in [0.15, 0.2) is 0 Å². The molecule has 0 amide bonds. The molecule has 3 rings (SSSR count). The summed E-state index contributed by atoms with van der Waals surface area (Å²) in [5.41, 5.74) is 2.47. The smallest absolute Gasteiger partial charge is 0.332 e. The second-order valence-electron chi connectivity index (χ2n) is 4.95. The highest BCUT2D eigenvalue weighted by atomic mass is 16.4. The van der Waals surface area contributed by atoms with E-state index in [0.717, 1.165) is 24.1 Å². The summed E-state index contributed by atoms with van der Waals surface area (Å²) in [6.07, 6.45) is 7.67. The van der Waals surface area contributed by atoms with Gasteiger partial charge >= 0.3 is 5.97 Å². The first-order valence-corrected chi connectivity index (χ1v) is 6.21. The molecule has 2 aliphatic heterocycles. The zero-order valence-electron chi connectivity index (χ0n) is 9.65. The van der Waals surface area contributed by atoms with Gasteiger partial charge in [-0.15, -0.1) is 0 Å². The van der Waals surface area contributed by atoms with E-state index in [0.29, 0.717) is 24.0 Å². The Kier molecular flexibility index (Phi) is 2.59. The number of carboxylic acids is 1. The van der Waals surface area contributed by atoms with E-state index in [1.165, 1.54) is 12.8 Å². The summed E-state index contributed by atoms with van der Waals surface area (Å²) in [5, 5.41) is 12.8. The topological polar surface area (TPSA) is 61.7 Å². The first kappa shape index (κ1) is 10.7. The van der Waals surface area contributed by atoms with Gasteiger partial charge in [0.1, 0.15) is 0 Å². The SMILES string of the molecule is O=C(O)C1=C2C=NC=C2C2NCCCCC2C1. The third-order valence-corrected chi connectivity index (χ3v) is 3.95. The molecular formula is C13H16N2O2. The quantitative estimate of drug-likeness (QED) is 0.720. The number of aliphatic carboxylic acids is 1. The molecule has 3 aliphatic rings. The number of carboxylic acid groups (broad SMARTS) is 1. The van der Waals surface area contributed by atoms with Crippen molar-refractivity contribution in [2.75, 3.05) is 6.54 Å². The van der Waals surface area contributed by atoms with Crippen LogP contribution in [-0.2, 0) is 4.79 Å². The Morgan fingerprint density at radius 3 is 3.18 bits per heavy atom. The largest absolute Gasteiger partial charge is 0.478 e. The fraction of sp³-hybridized carbons (Fsp3) is 0.538. The van der Waals surface area contributed by atoms with Crippen LogP contribution in [0.15, 0.2) is 27.9 Å². The zero-order chi connectivity index (χ0) is 11.8. The Morgan fingerprint density at radius 2 is 2.35 bits per heavy atom. The lowest BCUT2D eigenvalue weighted by Gasteiger charge is -2.32. The normalized spacial score (nSPS) is 31.6. The predicted molar refractivity (Wildman–Crippen MR) is 65.0 cm³/mol. The van der Waals surface area contributed by atoms with Gasteiger partial charge in [0.25, 0.3) is 0 Å². The molecule has 0 aromatic heterocycles. The molecule has 4 nitrogen and oxygen atoms in total. The lowest BCUT2D eigenvalue weighted by Crippen LogP contribution is -2.40. The molecule has 2 unspecified atom stereocenters. The Morgan fingerprint density at radius 1 is 1.47 bits per heavy atom. The number of rotatable bonds is 1. The van der Waals surface area contributed by atoms with E-state index in [1.807, 2.05) is 6.20 Å². The molecule has 0 aromatic rings. The maximum absolute atomic E-state index is 11.3. The van der Waals surface area contributed by atoms with Crippen LogP contribution in [0.1, 0.15) is 25.7 Å². The Balaban J connectivity index is 2.01. The predicted octanol–water partition coefficient (Wildman–Crippen LogP) is 1.50. The molecule has 2 heterocycles. The van der Waals surface area contributed by atoms with Crippen molar-refractivity contribution in [2.24, 2.45) is 10.9 Å². The second-order valence-corrected chi connectivity index (χ2v) is 4.95. The molecule has 1 saturated heterocycles. The second kappa shape index (κ2) is 4.11. The van der Waals surface area contributed by atoms with Gasteiger partial charge < -0.3 is 10.4 Å². The number of hydrogen-bond donors (Lipinski definition) is 2. The van der Waals surface area contributed by atoms with Gasteiger partial charge in [0, 0.05) is 29.6 Å². The van der Waals surface area contributed by atoms with Gasteiger partial charge in [-0.3, -0.25) is 4.99 Å². The van der Waals surface area contributed by atoms with E-state index < -0.39 is 5.97 Å². The van der Waals surface area contributed by atoms with Crippen molar-refractivity contribution in [3.63, 3.8) is 0 Å². The van der Waals surface area contributed by atoms with E-state index in [2.05, 4.69) is 10.3 Å². The number of fused-ring (bicyclic) bond motifs is 3. The highest BCUT2D eigenvalue weighted by Gasteiger charge is 2.37. The van der Waals surface area contributed by atoms with Gasteiger partial charge in [0.2, 0.25) is 0 Å². The van der Waals surface area contributed by atoms with Crippen molar-refractivity contribution >= 4 is 12.2 Å². The molecular weight excluding hydrogens is 216 g/mol. The summed E-state index contributed by atoms with van der Waals surface area (Å²) < 4.78 is 0. The first-order chi connectivity index (χ1) is 8.27. The zero-order valence-corrected chi connectivity index (χ0v) is 9.65. The van der Waals surface area contributed by atoms with Gasteiger partial charge in [-0.25, -0.2) is 4.79 Å². The van der Waals surface area contributed by atoms with Crippen molar-refractivity contribution in [1.82, 2.24) is 5.32 Å². The molecule has 4 heteroatoms. The summed E-state index contributed by atoms with van der Waals surface area (Å²) in [5.74, 6) is -0.373. The van der Waals surface area contributed by atoms with Crippen LogP contribution in [-0.4, -0.2) is 29.9 Å². The lowest BCUT2D eigenvalue weighted by atomic mass is 9.76. The molecule has 2 atom stereocenters. The van der Waals surface area contributed by atoms with Gasteiger partial charge in [-0.05, 0) is 37.3 Å². The average Bonchev–Trinajstić information content (AvgIpc) is 2.67. The third kappa shape index (κ3) is 1.72. The van der Waals surface area contributed by atoms with Crippen LogP contribution in [0.2, 0.25) is 0 Å². The molecule has 1 fully saturated rings. The van der Waals surface area contributed by atoms with Crippen LogP contribution in [0.25, 0.3) is 0 Å². The van der Waals surface area contributed by atoms with Gasteiger partial charge in [-0.1, -0.05) is 6.42 Å². The van der Waals surface area contributed by atoms with Crippen LogP contribution < -0.4 is 5.32 Å². The molecule has 17 heavy (non-hydrogen) atoms. The van der Waals surface area contributed by atoms with Crippen molar-refractivity contribution in [1.29, 1.82) is 0 Å². The van der Waals surface area contributed by atoms with Crippen molar-refractivity contribution in [2.45, 2.75) is 31.7 Å². The number of aliphatic imine (C=N–C) groups is 1. The Labute approximate surface area is 100 Å². The number of carbonyl (C=O) groups is 1. The maximum atomic E-state index is 11.3. The molecule has 0 aromatic carbocycles. The van der Waals surface area contributed by atoms with Crippen LogP contribution in [0.4, 0.5) is 0 Å². The minimum absolute atomic E-state index is 0.304. The fourth-order valence-corrected chi connectivity index (χ4v) is 3.12. The van der Waals surface area contributed by atoms with Gasteiger partial charge in [-0.2, -0.15) is 0 Å². The van der Waals surface area contributed by atoms with E-state index in [4.69, 9.17) is 0 Å². The fourth-order valence-electron chi connectivity index (χ4n) is 3.12. The third-order valence-electron chi connectivity index (χ3n) is 3.95. The summed E-state index contributed by atoms with van der Waals surface area (Å²) in [6, 6.07) is 0.304. The minimum atomic E-state index is -0.790. The minimum Gasteiger partial charge on any atom is -0.478 e. The first-order valence-electron chi connectivity index (χ1n) is 6.21. The monoisotopic (exact) mass is 232 g/mol. The molecule has 2 N–H and O–H groups in total. The molecule has 0 saturated carbocycles. The molecule has 0 bridgehead atoms. The summed E-state index contributed by atoms with van der Waals surface area (Å²) >= 11 is 0. The average molecular weight is 232 g/mol. The number of nitrogens with zero attached hydrogens (tertiary/aromatic N) is 1. The maximum Gasteiger partial charge on any atom is 0.332 e. The molecule has 1 aliphatic carbocycles. The Bertz CT molecular complexity index is 448. The highest BCUT2D eigenvalue weighted by molar-refractivity contribution is 6.01. The van der Waals surface area contributed by atoms with E-state index in [9.17, 15) is 9.90 Å². The van der Waals surface area contributed by atoms with Crippen molar-refractivity contribution < 1.29 is 9.90 Å². The molecule has 0 spiro atoms. The molecule has 0 radical (unpaired) electrons. The molecule has 90 valence electrons. The van der Waals surface area contributed by atoms with Crippen LogP contribution in [0, 0.1) is 5.92 Å². The summed E-state index contributed by atoms with van der Waals surface area (Å²) in [7, 11) is 0. The van der Waals surface area contributed by atoms with E-state index in [-0.39, 0.29) is 0 Å². The number of hydrogen-bond acceptors (Lipinski definition) is 3. The standard InChI is InChI=1S/C13H16N2O2/c16-13(17)9-5-8-3-1-2-4-15-12(8)11-7-14-6-10(9)11/h6-8,12,15H,1-5H2,(H,16,17). The van der Waals surface area contributed by atoms with E-state index >= 15 is 0 Å². The van der Waals surface area contributed by atoms with E-state index in [1.54, 1.807) is 6.21 Å². The van der Waals surface area contributed by atoms with Gasteiger partial charge in [0.05, 0.1) is 0 Å². The Hall–Kier alpha value is -1.42. The van der Waals surface area contributed by atoms with Crippen molar-refractivity contribution in [3.05, 3.63) is 22.9 Å². The number of nitrogens with one attached hydrogen (secondary N) is 1. The lowest BCUT2D eigenvalue weighted by molar-refractivity contribution is -0.133. The van der Waals surface area contributed by atoms with Crippen molar-refractivity contribution in [3.8, 4) is 0 Å². The van der Waals surface area contributed by atoms with Crippen LogP contribution in [0.5, 0.6) is 0 Å². The summed E-state index contributed by atoms with van der Waals surface area (Å²) in [6.45, 7) is 1.02. The van der Waals surface area contributed by atoms with Crippen LogP contribution >= 0.6 is 0 Å².